The number of nitrogens with zero attached hydrogens (tertiary/aromatic N) is 2. The van der Waals surface area contributed by atoms with Crippen LogP contribution in [0.3, 0.4) is 0 Å². The molecule has 0 fully saturated rings. The fourth-order valence-corrected chi connectivity index (χ4v) is 8.14. The van der Waals surface area contributed by atoms with Crippen LogP contribution in [-0.4, -0.2) is 41.0 Å². The quantitative estimate of drug-likeness (QED) is 0.0995. The Morgan fingerprint density at radius 3 is 2.11 bits per heavy atom. The second kappa shape index (κ2) is 13.0. The molecule has 46 heavy (non-hydrogen) atoms. The van der Waals surface area contributed by atoms with Crippen molar-refractivity contribution in [2.45, 2.75) is 51.4 Å². The fourth-order valence-electron chi connectivity index (χ4n) is 7.53. The Bertz CT molecular complexity index is 1980. The van der Waals surface area contributed by atoms with Gasteiger partial charge in [0.25, 0.3) is 0 Å². The number of hydrogen-bond donors (Lipinski definition) is 0. The summed E-state index contributed by atoms with van der Waals surface area (Å²) in [5.74, 6) is 0.560. The molecule has 0 N–H and O–H groups in total. The molecule has 4 aromatic rings. The Balaban J connectivity index is 1.22. The highest BCUT2D eigenvalue weighted by atomic mass is 32.2. The number of allylic oxidation sites excluding steroid dienone is 8. The van der Waals surface area contributed by atoms with Crippen molar-refractivity contribution in [2.75, 3.05) is 31.4 Å². The highest BCUT2D eigenvalue weighted by Crippen LogP contribution is 2.51. The molecule has 0 aliphatic carbocycles. The van der Waals surface area contributed by atoms with E-state index in [0.29, 0.717) is 5.75 Å². The van der Waals surface area contributed by atoms with Crippen molar-refractivity contribution < 1.29 is 13.0 Å². The molecular weight excluding hydrogens is 585 g/mol. The van der Waals surface area contributed by atoms with E-state index in [0.717, 1.165) is 19.4 Å². The minimum absolute atomic E-state index is 0.0924. The first-order valence-electron chi connectivity index (χ1n) is 16.2. The van der Waals surface area contributed by atoms with E-state index < -0.39 is 11.1 Å². The third kappa shape index (κ3) is 5.72. The van der Waals surface area contributed by atoms with E-state index in [4.69, 9.17) is 4.18 Å². The monoisotopic (exact) mass is 629 g/mol. The van der Waals surface area contributed by atoms with Gasteiger partial charge in [0.2, 0.25) is 5.69 Å². The molecular formula is C41H45N2O2S+. The number of anilines is 1. The molecule has 2 heterocycles. The summed E-state index contributed by atoms with van der Waals surface area (Å²) < 4.78 is 19.1. The summed E-state index contributed by atoms with van der Waals surface area (Å²) in [6.07, 6.45) is 16.9. The highest BCUT2D eigenvalue weighted by molar-refractivity contribution is 7.80. The SMILES string of the molecule is COS(=O)CCCCN1\C(=C/C=C/C=C/C=C\C2=[N+](C)c3ccc4ccccc4c3C2(C)C)C(C)(C)c2c1ccc1ccccc21. The van der Waals surface area contributed by atoms with Gasteiger partial charge in [0.05, 0.1) is 12.5 Å². The van der Waals surface area contributed by atoms with Gasteiger partial charge in [-0.2, -0.15) is 4.58 Å². The van der Waals surface area contributed by atoms with Crippen LogP contribution in [0.4, 0.5) is 11.4 Å². The number of fused-ring (bicyclic) bond motifs is 6. The summed E-state index contributed by atoms with van der Waals surface area (Å²) in [6, 6.07) is 26.3. The van der Waals surface area contributed by atoms with Gasteiger partial charge < -0.3 is 4.90 Å². The van der Waals surface area contributed by atoms with Gasteiger partial charge >= 0.3 is 0 Å². The maximum absolute atomic E-state index is 11.8. The fraction of sp³-hybridized carbons (Fsp3) is 0.293. The number of rotatable bonds is 10. The molecule has 0 amide bonds. The summed E-state index contributed by atoms with van der Waals surface area (Å²) in [6.45, 7) is 10.2. The molecule has 236 valence electrons. The predicted octanol–water partition coefficient (Wildman–Crippen LogP) is 9.44. The third-order valence-corrected chi connectivity index (χ3v) is 10.7. The van der Waals surface area contributed by atoms with Crippen LogP contribution in [0.25, 0.3) is 21.5 Å². The van der Waals surface area contributed by atoms with Crippen LogP contribution in [0.5, 0.6) is 0 Å². The summed E-state index contributed by atoms with van der Waals surface area (Å²) in [4.78, 5) is 2.46. The Morgan fingerprint density at radius 1 is 0.761 bits per heavy atom. The molecule has 1 unspecified atom stereocenters. The van der Waals surface area contributed by atoms with Crippen LogP contribution >= 0.6 is 0 Å². The number of unbranched alkanes of at least 4 members (excludes halogenated alkanes) is 1. The van der Waals surface area contributed by atoms with Crippen LogP contribution < -0.4 is 4.90 Å². The lowest BCUT2D eigenvalue weighted by molar-refractivity contribution is -0.401. The summed E-state index contributed by atoms with van der Waals surface area (Å²) in [5.41, 5.74) is 7.64. The Morgan fingerprint density at radius 2 is 1.39 bits per heavy atom. The van der Waals surface area contributed by atoms with Gasteiger partial charge in [-0.05, 0) is 72.0 Å². The zero-order valence-electron chi connectivity index (χ0n) is 27.9. The average Bonchev–Trinajstić information content (AvgIpc) is 3.40. The van der Waals surface area contributed by atoms with Crippen molar-refractivity contribution in [2.24, 2.45) is 0 Å². The van der Waals surface area contributed by atoms with Gasteiger partial charge in [-0.1, -0.05) is 98.8 Å². The molecule has 5 heteroatoms. The minimum atomic E-state index is -1.21. The van der Waals surface area contributed by atoms with E-state index in [-0.39, 0.29) is 10.8 Å². The maximum Gasteiger partial charge on any atom is 0.210 e. The van der Waals surface area contributed by atoms with Crippen LogP contribution in [0.1, 0.15) is 51.7 Å². The van der Waals surface area contributed by atoms with Crippen LogP contribution in [0, 0.1) is 0 Å². The van der Waals surface area contributed by atoms with Gasteiger partial charge in [0.15, 0.2) is 16.8 Å². The van der Waals surface area contributed by atoms with Crippen molar-refractivity contribution in [3.05, 3.63) is 132 Å². The standard InChI is InChI=1S/C41H45N2O2S/c1-40(2)36(42(5)34-26-24-30-18-12-14-20-32(30)38(34)40)22-10-8-7-9-11-23-37-41(3,4)39-33-21-15-13-19-31(33)25-27-35(39)43(37)28-16-17-29-46(44)45-6/h7-15,18-27H,16-17,28-29H2,1-6H3/q+1. The third-order valence-electron chi connectivity index (χ3n) is 9.73. The first-order valence-corrected chi connectivity index (χ1v) is 17.5. The van der Waals surface area contributed by atoms with Crippen LogP contribution in [0.2, 0.25) is 0 Å². The van der Waals surface area contributed by atoms with E-state index in [1.165, 1.54) is 62.6 Å². The minimum Gasteiger partial charge on any atom is -0.344 e. The van der Waals surface area contributed by atoms with Crippen molar-refractivity contribution in [3.8, 4) is 0 Å². The largest absolute Gasteiger partial charge is 0.344 e. The van der Waals surface area contributed by atoms with Crippen molar-refractivity contribution in [1.82, 2.24) is 0 Å². The lowest BCUT2D eigenvalue weighted by atomic mass is 9.79. The van der Waals surface area contributed by atoms with Gasteiger partial charge in [0.1, 0.15) is 7.05 Å². The zero-order valence-corrected chi connectivity index (χ0v) is 28.7. The molecule has 1 atom stereocenters. The molecule has 0 radical (unpaired) electrons. The molecule has 4 nitrogen and oxygen atoms in total. The molecule has 2 aliphatic heterocycles. The van der Waals surface area contributed by atoms with Gasteiger partial charge in [0, 0.05) is 46.8 Å². The Hall–Kier alpha value is -4.06. The smallest absolute Gasteiger partial charge is 0.210 e. The molecule has 0 aromatic heterocycles. The van der Waals surface area contributed by atoms with Gasteiger partial charge in [-0.25, -0.2) is 4.21 Å². The van der Waals surface area contributed by atoms with Crippen LogP contribution in [0.15, 0.2) is 121 Å². The Kier molecular flexibility index (Phi) is 9.00. The van der Waals surface area contributed by atoms with Gasteiger partial charge in [-0.15, -0.1) is 0 Å². The van der Waals surface area contributed by atoms with Crippen molar-refractivity contribution in [3.63, 3.8) is 0 Å². The lowest BCUT2D eigenvalue weighted by Crippen LogP contribution is -2.27. The van der Waals surface area contributed by atoms with E-state index in [9.17, 15) is 4.21 Å². The summed E-state index contributed by atoms with van der Waals surface area (Å²) in [5, 5.41) is 5.19. The molecule has 4 aromatic carbocycles. The highest BCUT2D eigenvalue weighted by Gasteiger charge is 2.44. The molecule has 0 saturated heterocycles. The first-order chi connectivity index (χ1) is 22.2. The predicted molar refractivity (Wildman–Crippen MR) is 197 cm³/mol. The van der Waals surface area contributed by atoms with Crippen LogP contribution in [-0.2, 0) is 26.1 Å². The molecule has 6 rings (SSSR count). The molecule has 2 aliphatic rings. The molecule has 0 bridgehead atoms. The lowest BCUT2D eigenvalue weighted by Gasteiger charge is -2.27. The molecule has 0 saturated carbocycles. The van der Waals surface area contributed by atoms with E-state index in [1.807, 2.05) is 0 Å². The summed E-state index contributed by atoms with van der Waals surface area (Å²) >= 11 is -1.21. The first kappa shape index (κ1) is 31.9. The van der Waals surface area contributed by atoms with Crippen molar-refractivity contribution in [1.29, 1.82) is 0 Å². The normalized spacial score (nSPS) is 18.7. The summed E-state index contributed by atoms with van der Waals surface area (Å²) in [7, 11) is 3.68. The van der Waals surface area contributed by atoms with Crippen molar-refractivity contribution >= 4 is 49.7 Å². The number of benzene rings is 4. The van der Waals surface area contributed by atoms with E-state index in [1.54, 1.807) is 0 Å². The number of hydrogen-bond acceptors (Lipinski definition) is 3. The van der Waals surface area contributed by atoms with E-state index >= 15 is 0 Å². The zero-order chi connectivity index (χ0) is 32.5. The van der Waals surface area contributed by atoms with E-state index in [2.05, 4.69) is 160 Å². The topological polar surface area (TPSA) is 32.5 Å². The average molecular weight is 630 g/mol. The maximum atomic E-state index is 11.8. The molecule has 0 spiro atoms. The second-order valence-corrected chi connectivity index (χ2v) is 14.6. The second-order valence-electron chi connectivity index (χ2n) is 13.3. The van der Waals surface area contributed by atoms with Gasteiger partial charge in [-0.3, -0.25) is 4.18 Å². The Labute approximate surface area is 276 Å².